The number of rotatable bonds is 3. The SMILES string of the molecule is COC(=O)C(C)S(=O)c1ccc(F)cc1F. The molecule has 16 heavy (non-hydrogen) atoms. The number of methoxy groups -OCH3 is 1. The van der Waals surface area contributed by atoms with E-state index in [1.165, 1.54) is 6.92 Å². The van der Waals surface area contributed by atoms with E-state index >= 15 is 0 Å². The van der Waals surface area contributed by atoms with Crippen LogP contribution in [0.4, 0.5) is 8.78 Å². The molecule has 0 aliphatic rings. The first-order valence-corrected chi connectivity index (χ1v) is 5.62. The predicted octanol–water partition coefficient (Wildman–Crippen LogP) is 1.63. The number of esters is 1. The number of carbonyl (C=O) groups excluding carboxylic acids is 1. The van der Waals surface area contributed by atoms with E-state index in [0.717, 1.165) is 19.2 Å². The molecule has 0 saturated carbocycles. The molecule has 0 bridgehead atoms. The van der Waals surface area contributed by atoms with Crippen molar-refractivity contribution in [3.8, 4) is 0 Å². The third-order valence-electron chi connectivity index (χ3n) is 1.96. The maximum atomic E-state index is 13.2. The number of hydrogen-bond donors (Lipinski definition) is 0. The second kappa shape index (κ2) is 5.16. The fourth-order valence-corrected chi connectivity index (χ4v) is 2.19. The summed E-state index contributed by atoms with van der Waals surface area (Å²) in [6.07, 6.45) is 0. The lowest BCUT2D eigenvalue weighted by molar-refractivity contribution is -0.139. The van der Waals surface area contributed by atoms with Crippen LogP contribution in [0.25, 0.3) is 0 Å². The standard InChI is InChI=1S/C10H10F2O3S/c1-6(10(13)15-2)16(14)9-4-3-7(11)5-8(9)12/h3-6H,1-2H3. The number of carbonyl (C=O) groups is 1. The van der Waals surface area contributed by atoms with Crippen molar-refractivity contribution in [1.82, 2.24) is 0 Å². The van der Waals surface area contributed by atoms with Gasteiger partial charge in [0.05, 0.1) is 22.8 Å². The molecular weight excluding hydrogens is 238 g/mol. The highest BCUT2D eigenvalue weighted by atomic mass is 32.2. The third kappa shape index (κ3) is 2.63. The Balaban J connectivity index is 3.01. The molecule has 1 rings (SSSR count). The molecule has 0 aromatic heterocycles. The number of benzene rings is 1. The van der Waals surface area contributed by atoms with Crippen molar-refractivity contribution < 1.29 is 22.5 Å². The Morgan fingerprint density at radius 1 is 1.44 bits per heavy atom. The topological polar surface area (TPSA) is 43.4 Å². The zero-order chi connectivity index (χ0) is 12.3. The van der Waals surface area contributed by atoms with E-state index in [-0.39, 0.29) is 4.90 Å². The normalized spacial score (nSPS) is 14.2. The minimum atomic E-state index is -1.89. The van der Waals surface area contributed by atoms with Crippen LogP contribution in [0.1, 0.15) is 6.92 Å². The Morgan fingerprint density at radius 3 is 2.56 bits per heavy atom. The molecule has 0 aliphatic heterocycles. The molecule has 1 aromatic carbocycles. The second-order valence-corrected chi connectivity index (χ2v) is 4.78. The number of ether oxygens (including phenoxy) is 1. The average Bonchev–Trinajstić information content (AvgIpc) is 2.26. The van der Waals surface area contributed by atoms with Crippen molar-refractivity contribution in [1.29, 1.82) is 0 Å². The molecule has 2 atom stereocenters. The van der Waals surface area contributed by atoms with Crippen molar-refractivity contribution in [2.75, 3.05) is 7.11 Å². The summed E-state index contributed by atoms with van der Waals surface area (Å²) in [5.41, 5.74) is 0. The van der Waals surface area contributed by atoms with E-state index in [0.29, 0.717) is 6.07 Å². The van der Waals surface area contributed by atoms with Crippen LogP contribution in [0.5, 0.6) is 0 Å². The largest absolute Gasteiger partial charge is 0.468 e. The van der Waals surface area contributed by atoms with Crippen LogP contribution in [-0.2, 0) is 20.3 Å². The van der Waals surface area contributed by atoms with Gasteiger partial charge in [-0.15, -0.1) is 0 Å². The van der Waals surface area contributed by atoms with Crippen molar-refractivity contribution in [2.45, 2.75) is 17.1 Å². The van der Waals surface area contributed by atoms with Crippen molar-refractivity contribution >= 4 is 16.8 Å². The van der Waals surface area contributed by atoms with Gasteiger partial charge in [-0.1, -0.05) is 0 Å². The highest BCUT2D eigenvalue weighted by Crippen LogP contribution is 2.17. The van der Waals surface area contributed by atoms with Gasteiger partial charge in [-0.25, -0.2) is 8.78 Å². The van der Waals surface area contributed by atoms with Crippen LogP contribution < -0.4 is 0 Å². The van der Waals surface area contributed by atoms with Gasteiger partial charge in [-0.05, 0) is 19.1 Å². The summed E-state index contributed by atoms with van der Waals surface area (Å²) in [5, 5.41) is -0.995. The van der Waals surface area contributed by atoms with E-state index in [2.05, 4.69) is 4.74 Å². The summed E-state index contributed by atoms with van der Waals surface area (Å²) >= 11 is 0. The maximum absolute atomic E-state index is 13.2. The molecule has 0 N–H and O–H groups in total. The zero-order valence-corrected chi connectivity index (χ0v) is 9.51. The Hall–Kier alpha value is -1.30. The van der Waals surface area contributed by atoms with Gasteiger partial charge in [0.15, 0.2) is 0 Å². The summed E-state index contributed by atoms with van der Waals surface area (Å²) in [6.45, 7) is 1.35. The first-order chi connectivity index (χ1) is 7.47. The van der Waals surface area contributed by atoms with E-state index < -0.39 is 33.7 Å². The summed E-state index contributed by atoms with van der Waals surface area (Å²) in [6, 6.07) is 2.66. The van der Waals surface area contributed by atoms with Gasteiger partial charge >= 0.3 is 5.97 Å². The Bertz CT molecular complexity index is 434. The quantitative estimate of drug-likeness (QED) is 0.764. The van der Waals surface area contributed by atoms with Crippen LogP contribution in [0, 0.1) is 11.6 Å². The van der Waals surface area contributed by atoms with Gasteiger partial charge in [0, 0.05) is 6.07 Å². The second-order valence-electron chi connectivity index (χ2n) is 3.04. The monoisotopic (exact) mass is 248 g/mol. The number of halogens is 2. The Labute approximate surface area is 93.9 Å². The lowest BCUT2D eigenvalue weighted by Crippen LogP contribution is -2.24. The molecular formula is C10H10F2O3S. The molecule has 0 aliphatic carbocycles. The van der Waals surface area contributed by atoms with Crippen molar-refractivity contribution in [3.05, 3.63) is 29.8 Å². The van der Waals surface area contributed by atoms with Crippen LogP contribution >= 0.6 is 0 Å². The van der Waals surface area contributed by atoms with Gasteiger partial charge in [0.25, 0.3) is 0 Å². The molecule has 0 saturated heterocycles. The van der Waals surface area contributed by atoms with Crippen LogP contribution in [-0.4, -0.2) is 22.5 Å². The van der Waals surface area contributed by atoms with E-state index in [1.54, 1.807) is 0 Å². The van der Waals surface area contributed by atoms with Crippen molar-refractivity contribution in [2.24, 2.45) is 0 Å². The van der Waals surface area contributed by atoms with Crippen LogP contribution in [0.2, 0.25) is 0 Å². The van der Waals surface area contributed by atoms with E-state index in [1.807, 2.05) is 0 Å². The third-order valence-corrected chi connectivity index (χ3v) is 3.56. The van der Waals surface area contributed by atoms with E-state index in [9.17, 15) is 17.8 Å². The van der Waals surface area contributed by atoms with Crippen molar-refractivity contribution in [3.63, 3.8) is 0 Å². The minimum absolute atomic E-state index is 0.209. The van der Waals surface area contributed by atoms with Gasteiger partial charge in [0.2, 0.25) is 0 Å². The predicted molar refractivity (Wildman–Crippen MR) is 54.2 cm³/mol. The summed E-state index contributed by atoms with van der Waals surface area (Å²) in [4.78, 5) is 10.9. The minimum Gasteiger partial charge on any atom is -0.468 e. The molecule has 6 heteroatoms. The van der Waals surface area contributed by atoms with E-state index in [4.69, 9.17) is 0 Å². The van der Waals surface area contributed by atoms with Crippen LogP contribution in [0.15, 0.2) is 23.1 Å². The summed E-state index contributed by atoms with van der Waals surface area (Å²) < 4.78 is 42.0. The Morgan fingerprint density at radius 2 is 2.06 bits per heavy atom. The summed E-state index contributed by atoms with van der Waals surface area (Å²) in [5.74, 6) is -2.40. The highest BCUT2D eigenvalue weighted by Gasteiger charge is 2.24. The van der Waals surface area contributed by atoms with Gasteiger partial charge in [0.1, 0.15) is 16.9 Å². The first-order valence-electron chi connectivity index (χ1n) is 4.41. The van der Waals surface area contributed by atoms with Gasteiger partial charge < -0.3 is 4.74 Å². The smallest absolute Gasteiger partial charge is 0.321 e. The van der Waals surface area contributed by atoms with Gasteiger partial charge in [-0.2, -0.15) is 0 Å². The highest BCUT2D eigenvalue weighted by molar-refractivity contribution is 7.86. The lowest BCUT2D eigenvalue weighted by Gasteiger charge is -2.09. The molecule has 3 nitrogen and oxygen atoms in total. The molecule has 0 spiro atoms. The summed E-state index contributed by atoms with van der Waals surface area (Å²) in [7, 11) is -0.744. The Kier molecular flexibility index (Phi) is 4.12. The van der Waals surface area contributed by atoms with Crippen LogP contribution in [0.3, 0.4) is 0 Å². The molecule has 1 aromatic rings. The fourth-order valence-electron chi connectivity index (χ4n) is 1.08. The maximum Gasteiger partial charge on any atom is 0.321 e. The average molecular weight is 248 g/mol. The molecule has 0 amide bonds. The lowest BCUT2D eigenvalue weighted by atomic mass is 10.3. The molecule has 88 valence electrons. The molecule has 0 fully saturated rings. The fraction of sp³-hybridized carbons (Fsp3) is 0.300. The molecule has 2 unspecified atom stereocenters. The zero-order valence-electron chi connectivity index (χ0n) is 8.70. The first kappa shape index (κ1) is 12.8. The molecule has 0 radical (unpaired) electrons. The molecule has 0 heterocycles. The number of hydrogen-bond acceptors (Lipinski definition) is 3. The van der Waals surface area contributed by atoms with Gasteiger partial charge in [-0.3, -0.25) is 9.00 Å².